The van der Waals surface area contributed by atoms with Gasteiger partial charge in [-0.05, 0) is 23.8 Å². The smallest absolute Gasteiger partial charge is 0.252 e. The second-order valence-corrected chi connectivity index (χ2v) is 8.50. The van der Waals surface area contributed by atoms with Gasteiger partial charge in [0.2, 0.25) is 5.89 Å². The molecule has 0 saturated carbocycles. The number of hydrogen-bond acceptors (Lipinski definition) is 10. The van der Waals surface area contributed by atoms with Crippen LogP contribution in [0.15, 0.2) is 57.9 Å². The number of aliphatic hydroxyl groups is 1. The summed E-state index contributed by atoms with van der Waals surface area (Å²) in [6.45, 7) is -0.539. The minimum absolute atomic E-state index is 0.249. The predicted octanol–water partition coefficient (Wildman–Crippen LogP) is 3.02. The monoisotopic (exact) mass is 508 g/mol. The van der Waals surface area contributed by atoms with E-state index in [9.17, 15) is 9.59 Å². The van der Waals surface area contributed by atoms with Crippen LogP contribution in [0.25, 0.3) is 0 Å². The molecule has 0 spiro atoms. The molecule has 0 saturated heterocycles. The van der Waals surface area contributed by atoms with Crippen LogP contribution in [-0.4, -0.2) is 52.7 Å². The second kappa shape index (κ2) is 11.6. The van der Waals surface area contributed by atoms with E-state index < -0.39 is 12.6 Å². The molecule has 0 unspecified atom stereocenters. The van der Waals surface area contributed by atoms with E-state index in [0.29, 0.717) is 41.3 Å². The third kappa shape index (κ3) is 5.93. The van der Waals surface area contributed by atoms with Gasteiger partial charge >= 0.3 is 0 Å². The Kier molecular flexibility index (Phi) is 8.03. The number of thiazole rings is 1. The summed E-state index contributed by atoms with van der Waals surface area (Å²) in [6, 6.07) is 11.1. The Labute approximate surface area is 210 Å². The van der Waals surface area contributed by atoms with E-state index in [2.05, 4.69) is 20.4 Å². The van der Waals surface area contributed by atoms with Crippen LogP contribution >= 0.6 is 11.3 Å². The molecule has 4 aromatic rings. The van der Waals surface area contributed by atoms with Gasteiger partial charge < -0.3 is 24.4 Å². The lowest BCUT2D eigenvalue weighted by Crippen LogP contribution is -2.30. The fourth-order valence-corrected chi connectivity index (χ4v) is 4.10. The number of rotatable bonds is 11. The molecule has 0 radical (unpaired) electrons. The Bertz CT molecular complexity index is 1320. The standard InChI is InChI=1S/C25H24N4O6S/c1-33-21-8-7-17(10-22(21)34-2)24(32)27-19(11-18-13-36-14-26-18)25-28-23(29-35-25)9-15-3-5-16(6-4-15)20(31)12-30/h3-8,10,13-14,19,30H,9,11-12H2,1-2H3,(H,27,32)/t19-/m0/s1. The lowest BCUT2D eigenvalue weighted by Gasteiger charge is -2.15. The van der Waals surface area contributed by atoms with E-state index in [1.165, 1.54) is 25.6 Å². The molecular weight excluding hydrogens is 484 g/mol. The molecule has 0 aliphatic carbocycles. The third-order valence-electron chi connectivity index (χ3n) is 5.41. The summed E-state index contributed by atoms with van der Waals surface area (Å²) < 4.78 is 16.1. The van der Waals surface area contributed by atoms with Gasteiger partial charge in [-0.3, -0.25) is 9.59 Å². The molecule has 0 fully saturated rings. The van der Waals surface area contributed by atoms with Gasteiger partial charge in [-0.2, -0.15) is 4.98 Å². The van der Waals surface area contributed by atoms with E-state index in [1.54, 1.807) is 48.0 Å². The van der Waals surface area contributed by atoms with Crippen LogP contribution < -0.4 is 14.8 Å². The fourth-order valence-electron chi connectivity index (χ4n) is 3.53. The van der Waals surface area contributed by atoms with Gasteiger partial charge in [-0.25, -0.2) is 4.98 Å². The number of methoxy groups -OCH3 is 2. The van der Waals surface area contributed by atoms with E-state index in [1.807, 2.05) is 5.38 Å². The highest BCUT2D eigenvalue weighted by Gasteiger charge is 2.24. The number of benzene rings is 2. The van der Waals surface area contributed by atoms with E-state index >= 15 is 0 Å². The summed E-state index contributed by atoms with van der Waals surface area (Å²) in [5.41, 5.74) is 4.17. The number of ether oxygens (including phenoxy) is 2. The summed E-state index contributed by atoms with van der Waals surface area (Å²) in [4.78, 5) is 33.5. The van der Waals surface area contributed by atoms with Crippen LogP contribution in [0.3, 0.4) is 0 Å². The Morgan fingerprint density at radius 1 is 1.08 bits per heavy atom. The van der Waals surface area contributed by atoms with Crippen molar-refractivity contribution in [1.29, 1.82) is 0 Å². The van der Waals surface area contributed by atoms with E-state index in [-0.39, 0.29) is 17.6 Å². The predicted molar refractivity (Wildman–Crippen MR) is 131 cm³/mol. The Morgan fingerprint density at radius 3 is 2.50 bits per heavy atom. The average molecular weight is 509 g/mol. The van der Waals surface area contributed by atoms with Gasteiger partial charge in [-0.15, -0.1) is 11.3 Å². The second-order valence-electron chi connectivity index (χ2n) is 7.78. The van der Waals surface area contributed by atoms with Crippen molar-refractivity contribution in [3.63, 3.8) is 0 Å². The zero-order chi connectivity index (χ0) is 25.5. The topological polar surface area (TPSA) is 137 Å². The largest absolute Gasteiger partial charge is 0.493 e. The zero-order valence-corrected chi connectivity index (χ0v) is 20.4. The molecule has 1 amide bonds. The van der Waals surface area contributed by atoms with Crippen LogP contribution in [0.2, 0.25) is 0 Å². The number of hydrogen-bond donors (Lipinski definition) is 2. The summed E-state index contributed by atoms with van der Waals surface area (Å²) in [5, 5.41) is 17.9. The van der Waals surface area contributed by atoms with Crippen molar-refractivity contribution in [2.45, 2.75) is 18.9 Å². The number of carbonyl (C=O) groups is 2. The molecule has 2 heterocycles. The Morgan fingerprint density at radius 2 is 1.83 bits per heavy atom. The lowest BCUT2D eigenvalue weighted by molar-refractivity contribution is 0.0902. The number of nitrogens with zero attached hydrogens (tertiary/aromatic N) is 3. The molecule has 0 aliphatic heterocycles. The molecule has 2 aromatic heterocycles. The first-order valence-electron chi connectivity index (χ1n) is 11.0. The van der Waals surface area contributed by atoms with Crippen molar-refractivity contribution in [2.75, 3.05) is 20.8 Å². The minimum Gasteiger partial charge on any atom is -0.493 e. The molecule has 186 valence electrons. The molecule has 1 atom stereocenters. The van der Waals surface area contributed by atoms with Gasteiger partial charge in [0.1, 0.15) is 12.6 Å². The molecule has 10 nitrogen and oxygen atoms in total. The first kappa shape index (κ1) is 25.0. The number of aliphatic hydroxyl groups excluding tert-OH is 1. The first-order chi connectivity index (χ1) is 17.5. The lowest BCUT2D eigenvalue weighted by atomic mass is 10.1. The van der Waals surface area contributed by atoms with Crippen molar-refractivity contribution in [1.82, 2.24) is 20.4 Å². The maximum atomic E-state index is 13.1. The minimum atomic E-state index is -0.613. The number of carbonyl (C=O) groups excluding carboxylic acids is 2. The SMILES string of the molecule is COc1ccc(C(=O)N[C@@H](Cc2cscn2)c2nc(Cc3ccc(C(=O)CO)cc3)no2)cc1OC. The van der Waals surface area contributed by atoms with Gasteiger partial charge in [-0.1, -0.05) is 29.4 Å². The average Bonchev–Trinajstić information content (AvgIpc) is 3.60. The van der Waals surface area contributed by atoms with Crippen LogP contribution in [0.4, 0.5) is 0 Å². The van der Waals surface area contributed by atoms with E-state index in [0.717, 1.165) is 11.3 Å². The summed E-state index contributed by atoms with van der Waals surface area (Å²) >= 11 is 1.45. The number of amides is 1. The molecule has 4 rings (SSSR count). The number of Topliss-reactive ketones (excluding diaryl/α,β-unsaturated/α-hetero) is 1. The van der Waals surface area contributed by atoms with Gasteiger partial charge in [0, 0.05) is 29.3 Å². The van der Waals surface area contributed by atoms with Gasteiger partial charge in [0.05, 0.1) is 25.4 Å². The molecular formula is C25H24N4O6S. The van der Waals surface area contributed by atoms with Crippen molar-refractivity contribution >= 4 is 23.0 Å². The molecule has 2 N–H and O–H groups in total. The van der Waals surface area contributed by atoms with Crippen molar-refractivity contribution in [3.8, 4) is 11.5 Å². The van der Waals surface area contributed by atoms with Crippen molar-refractivity contribution in [3.05, 3.63) is 87.5 Å². The maximum Gasteiger partial charge on any atom is 0.252 e. The number of aromatic nitrogens is 3. The highest BCUT2D eigenvalue weighted by Crippen LogP contribution is 2.28. The van der Waals surface area contributed by atoms with Crippen LogP contribution in [-0.2, 0) is 12.8 Å². The zero-order valence-electron chi connectivity index (χ0n) is 19.6. The van der Waals surface area contributed by atoms with Crippen molar-refractivity contribution < 1.29 is 28.7 Å². The number of nitrogens with one attached hydrogen (secondary N) is 1. The van der Waals surface area contributed by atoms with Gasteiger partial charge in [0.15, 0.2) is 23.1 Å². The highest BCUT2D eigenvalue weighted by atomic mass is 32.1. The fraction of sp³-hybridized carbons (Fsp3) is 0.240. The molecule has 0 bridgehead atoms. The summed E-state index contributed by atoms with van der Waals surface area (Å²) in [5.74, 6) is 0.934. The summed E-state index contributed by atoms with van der Waals surface area (Å²) in [7, 11) is 3.03. The first-order valence-corrected chi connectivity index (χ1v) is 11.9. The molecule has 0 aliphatic rings. The molecule has 11 heteroatoms. The molecule has 36 heavy (non-hydrogen) atoms. The van der Waals surface area contributed by atoms with Crippen LogP contribution in [0, 0.1) is 0 Å². The number of ketones is 1. The highest BCUT2D eigenvalue weighted by molar-refractivity contribution is 7.07. The van der Waals surface area contributed by atoms with Crippen LogP contribution in [0.5, 0.6) is 11.5 Å². The Hall–Kier alpha value is -4.09. The molecule has 2 aromatic carbocycles. The maximum absolute atomic E-state index is 13.1. The van der Waals surface area contributed by atoms with E-state index in [4.69, 9.17) is 19.1 Å². The Balaban J connectivity index is 1.52. The van der Waals surface area contributed by atoms with Gasteiger partial charge in [0.25, 0.3) is 5.91 Å². The normalized spacial score (nSPS) is 11.6. The summed E-state index contributed by atoms with van der Waals surface area (Å²) in [6.07, 6.45) is 0.728. The third-order valence-corrected chi connectivity index (χ3v) is 6.05. The quantitative estimate of drug-likeness (QED) is 0.293. The van der Waals surface area contributed by atoms with Crippen LogP contribution in [0.1, 0.15) is 49.7 Å². The van der Waals surface area contributed by atoms with Crippen molar-refractivity contribution in [2.24, 2.45) is 0 Å².